The van der Waals surface area contributed by atoms with Crippen molar-refractivity contribution in [3.63, 3.8) is 0 Å². The van der Waals surface area contributed by atoms with Crippen LogP contribution in [-0.4, -0.2) is 6.54 Å². The van der Waals surface area contributed by atoms with E-state index in [9.17, 15) is 4.39 Å². The Morgan fingerprint density at radius 2 is 1.95 bits per heavy atom. The van der Waals surface area contributed by atoms with E-state index in [1.54, 1.807) is 12.1 Å². The fourth-order valence-electron chi connectivity index (χ4n) is 2.22. The average molecular weight is 401 g/mol. The Morgan fingerprint density at radius 1 is 1.15 bits per heavy atom. The van der Waals surface area contributed by atoms with E-state index in [2.05, 4.69) is 56.2 Å². The first-order valence-electron chi connectivity index (χ1n) is 6.53. The van der Waals surface area contributed by atoms with Crippen molar-refractivity contribution in [2.75, 3.05) is 6.54 Å². The lowest BCUT2D eigenvalue weighted by Gasteiger charge is -2.20. The summed E-state index contributed by atoms with van der Waals surface area (Å²) in [4.78, 5) is 0. The predicted octanol–water partition coefficient (Wildman–Crippen LogP) is 5.24. The smallest absolute Gasteiger partial charge is 0.123 e. The molecule has 4 heteroatoms. The SMILES string of the molecule is CCNC(Cc1cccc(Br)c1)c1cc(F)ccc1Br. The van der Waals surface area contributed by atoms with Crippen LogP contribution in [0.2, 0.25) is 0 Å². The second-order valence-electron chi connectivity index (χ2n) is 4.61. The summed E-state index contributed by atoms with van der Waals surface area (Å²) in [6.45, 7) is 2.89. The van der Waals surface area contributed by atoms with E-state index < -0.39 is 0 Å². The summed E-state index contributed by atoms with van der Waals surface area (Å²) in [6, 6.07) is 13.1. The lowest BCUT2D eigenvalue weighted by molar-refractivity contribution is 0.540. The molecule has 20 heavy (non-hydrogen) atoms. The Balaban J connectivity index is 2.29. The molecule has 2 rings (SSSR count). The maximum Gasteiger partial charge on any atom is 0.123 e. The molecule has 0 amide bonds. The molecule has 2 aromatic rings. The monoisotopic (exact) mass is 399 g/mol. The van der Waals surface area contributed by atoms with Crippen molar-refractivity contribution < 1.29 is 4.39 Å². The van der Waals surface area contributed by atoms with Gasteiger partial charge in [0.05, 0.1) is 0 Å². The number of hydrogen-bond acceptors (Lipinski definition) is 1. The van der Waals surface area contributed by atoms with Gasteiger partial charge in [-0.1, -0.05) is 50.9 Å². The zero-order valence-electron chi connectivity index (χ0n) is 11.2. The summed E-state index contributed by atoms with van der Waals surface area (Å²) in [7, 11) is 0. The average Bonchev–Trinajstić information content (AvgIpc) is 2.41. The fourth-order valence-corrected chi connectivity index (χ4v) is 3.19. The summed E-state index contributed by atoms with van der Waals surface area (Å²) >= 11 is 7.00. The summed E-state index contributed by atoms with van der Waals surface area (Å²) in [5.74, 6) is -0.208. The van der Waals surface area contributed by atoms with Gasteiger partial charge < -0.3 is 5.32 Å². The van der Waals surface area contributed by atoms with Crippen molar-refractivity contribution in [3.05, 3.63) is 68.4 Å². The summed E-state index contributed by atoms with van der Waals surface area (Å²) in [5.41, 5.74) is 2.16. The van der Waals surface area contributed by atoms with Gasteiger partial charge in [-0.2, -0.15) is 0 Å². The van der Waals surface area contributed by atoms with Crippen molar-refractivity contribution in [1.82, 2.24) is 5.32 Å². The Morgan fingerprint density at radius 3 is 2.65 bits per heavy atom. The fraction of sp³-hybridized carbons (Fsp3) is 0.250. The number of nitrogens with one attached hydrogen (secondary N) is 1. The van der Waals surface area contributed by atoms with E-state index in [1.807, 2.05) is 12.1 Å². The van der Waals surface area contributed by atoms with Crippen molar-refractivity contribution in [3.8, 4) is 0 Å². The van der Waals surface area contributed by atoms with Gasteiger partial charge in [-0.25, -0.2) is 4.39 Å². The zero-order chi connectivity index (χ0) is 14.5. The molecule has 0 aliphatic heterocycles. The molecular formula is C16H16Br2FN. The lowest BCUT2D eigenvalue weighted by Crippen LogP contribution is -2.23. The molecule has 1 unspecified atom stereocenters. The van der Waals surface area contributed by atoms with Crippen LogP contribution in [0.5, 0.6) is 0 Å². The molecule has 0 saturated heterocycles. The largest absolute Gasteiger partial charge is 0.310 e. The number of hydrogen-bond donors (Lipinski definition) is 1. The van der Waals surface area contributed by atoms with E-state index >= 15 is 0 Å². The normalized spacial score (nSPS) is 12.4. The van der Waals surface area contributed by atoms with Gasteiger partial charge in [0.25, 0.3) is 0 Å². The predicted molar refractivity (Wildman–Crippen MR) is 88.4 cm³/mol. The Kier molecular flexibility index (Phi) is 5.75. The summed E-state index contributed by atoms with van der Waals surface area (Å²) in [5, 5.41) is 3.42. The molecule has 106 valence electrons. The number of rotatable bonds is 5. The Labute approximate surface area is 135 Å². The van der Waals surface area contributed by atoms with Crippen molar-refractivity contribution in [1.29, 1.82) is 0 Å². The van der Waals surface area contributed by atoms with Gasteiger partial charge in [0, 0.05) is 15.0 Å². The van der Waals surface area contributed by atoms with Gasteiger partial charge in [-0.3, -0.25) is 0 Å². The van der Waals surface area contributed by atoms with Crippen LogP contribution in [-0.2, 0) is 6.42 Å². The molecule has 0 heterocycles. The summed E-state index contributed by atoms with van der Waals surface area (Å²) in [6.07, 6.45) is 0.815. The minimum atomic E-state index is -0.208. The third-order valence-electron chi connectivity index (χ3n) is 3.11. The first-order valence-corrected chi connectivity index (χ1v) is 8.11. The van der Waals surface area contributed by atoms with Gasteiger partial charge in [-0.15, -0.1) is 0 Å². The van der Waals surface area contributed by atoms with E-state index in [4.69, 9.17) is 0 Å². The Bertz CT molecular complexity index is 586. The highest BCUT2D eigenvalue weighted by Crippen LogP contribution is 2.27. The van der Waals surface area contributed by atoms with Crippen LogP contribution in [0.25, 0.3) is 0 Å². The molecule has 0 radical (unpaired) electrons. The van der Waals surface area contributed by atoms with Gasteiger partial charge in [-0.05, 0) is 54.4 Å². The molecule has 1 nitrogen and oxygen atoms in total. The van der Waals surface area contributed by atoms with Gasteiger partial charge in [0.2, 0.25) is 0 Å². The van der Waals surface area contributed by atoms with E-state index in [-0.39, 0.29) is 11.9 Å². The van der Waals surface area contributed by atoms with Crippen LogP contribution in [0.3, 0.4) is 0 Å². The molecule has 0 aliphatic rings. The van der Waals surface area contributed by atoms with Gasteiger partial charge in [0.15, 0.2) is 0 Å². The molecule has 2 aromatic carbocycles. The maximum atomic E-state index is 13.5. The molecule has 0 spiro atoms. The second-order valence-corrected chi connectivity index (χ2v) is 6.38. The third-order valence-corrected chi connectivity index (χ3v) is 4.33. The van der Waals surface area contributed by atoms with Crippen LogP contribution in [0.15, 0.2) is 51.4 Å². The molecule has 0 saturated carbocycles. The van der Waals surface area contributed by atoms with Crippen molar-refractivity contribution in [2.45, 2.75) is 19.4 Å². The molecule has 0 aliphatic carbocycles. The highest BCUT2D eigenvalue weighted by atomic mass is 79.9. The van der Waals surface area contributed by atoms with Crippen molar-refractivity contribution in [2.24, 2.45) is 0 Å². The topological polar surface area (TPSA) is 12.0 Å². The molecule has 0 bridgehead atoms. The first-order chi connectivity index (χ1) is 9.60. The quantitative estimate of drug-likeness (QED) is 0.723. The van der Waals surface area contributed by atoms with Crippen molar-refractivity contribution >= 4 is 31.9 Å². The molecule has 1 N–H and O–H groups in total. The van der Waals surface area contributed by atoms with Gasteiger partial charge in [0.1, 0.15) is 5.82 Å². The highest BCUT2D eigenvalue weighted by Gasteiger charge is 2.15. The maximum absolute atomic E-state index is 13.5. The van der Waals surface area contributed by atoms with Crippen LogP contribution < -0.4 is 5.32 Å². The van der Waals surface area contributed by atoms with E-state index in [0.717, 1.165) is 27.5 Å². The Hall–Kier alpha value is -0.710. The van der Waals surface area contributed by atoms with E-state index in [0.29, 0.717) is 0 Å². The highest BCUT2D eigenvalue weighted by molar-refractivity contribution is 9.10. The van der Waals surface area contributed by atoms with Crippen LogP contribution in [0, 0.1) is 5.82 Å². The van der Waals surface area contributed by atoms with E-state index in [1.165, 1.54) is 11.6 Å². The number of benzene rings is 2. The van der Waals surface area contributed by atoms with Crippen LogP contribution in [0.4, 0.5) is 4.39 Å². The van der Waals surface area contributed by atoms with Crippen LogP contribution >= 0.6 is 31.9 Å². The molecular weight excluding hydrogens is 385 g/mol. The minimum Gasteiger partial charge on any atom is -0.310 e. The minimum absolute atomic E-state index is 0.0828. The van der Waals surface area contributed by atoms with Crippen LogP contribution in [0.1, 0.15) is 24.1 Å². The third kappa shape index (κ3) is 4.14. The molecule has 1 atom stereocenters. The summed E-state index contributed by atoms with van der Waals surface area (Å²) < 4.78 is 15.5. The standard InChI is InChI=1S/C16H16Br2FN/c1-2-20-16(9-11-4-3-5-12(17)8-11)14-10-13(19)6-7-15(14)18/h3-8,10,16,20H,2,9H2,1H3. The molecule has 0 fully saturated rings. The lowest BCUT2D eigenvalue weighted by atomic mass is 9.98. The number of halogens is 3. The number of likely N-dealkylation sites (N-methyl/N-ethyl adjacent to an activating group) is 1. The molecule has 0 aromatic heterocycles. The first kappa shape index (κ1) is 15.7. The van der Waals surface area contributed by atoms with Gasteiger partial charge >= 0.3 is 0 Å². The second kappa shape index (κ2) is 7.34. The zero-order valence-corrected chi connectivity index (χ0v) is 14.3.